The van der Waals surface area contributed by atoms with Crippen LogP contribution in [0.4, 0.5) is 5.82 Å². The predicted molar refractivity (Wildman–Crippen MR) is 97.7 cm³/mol. The highest BCUT2D eigenvalue weighted by atomic mass is 16.2. The van der Waals surface area contributed by atoms with Crippen molar-refractivity contribution in [2.75, 3.05) is 37.6 Å². The van der Waals surface area contributed by atoms with Crippen LogP contribution in [0.25, 0.3) is 0 Å². The molecule has 0 spiro atoms. The van der Waals surface area contributed by atoms with Crippen LogP contribution in [0.15, 0.2) is 6.07 Å². The van der Waals surface area contributed by atoms with Crippen molar-refractivity contribution in [3.05, 3.63) is 17.6 Å². The van der Waals surface area contributed by atoms with E-state index < -0.39 is 5.92 Å². The Morgan fingerprint density at radius 3 is 2.81 bits per heavy atom. The third kappa shape index (κ3) is 2.83. The summed E-state index contributed by atoms with van der Waals surface area (Å²) in [6, 6.07) is 2.05. The van der Waals surface area contributed by atoms with Crippen LogP contribution >= 0.6 is 0 Å². The van der Waals surface area contributed by atoms with E-state index in [2.05, 4.69) is 35.1 Å². The average Bonchev–Trinajstić information content (AvgIpc) is 3.25. The fourth-order valence-corrected chi connectivity index (χ4v) is 4.66. The summed E-state index contributed by atoms with van der Waals surface area (Å²) in [6.07, 6.45) is 1.45. The molecule has 2 amide bonds. The number of amides is 2. The maximum Gasteiger partial charge on any atom is 0.235 e. The number of aryl methyl sites for hydroxylation is 2. The lowest BCUT2D eigenvalue weighted by Crippen LogP contribution is -2.41. The van der Waals surface area contributed by atoms with Crippen molar-refractivity contribution in [1.82, 2.24) is 20.2 Å². The summed E-state index contributed by atoms with van der Waals surface area (Å²) >= 11 is 0. The highest BCUT2D eigenvalue weighted by Gasteiger charge is 2.52. The minimum absolute atomic E-state index is 0.00771. The van der Waals surface area contributed by atoms with Crippen molar-refractivity contribution in [3.8, 4) is 0 Å². The lowest BCUT2D eigenvalue weighted by Gasteiger charge is -2.27. The zero-order chi connectivity index (χ0) is 18.5. The molecule has 7 heteroatoms. The summed E-state index contributed by atoms with van der Waals surface area (Å²) in [5, 5.41) is 2.77. The molecule has 4 rings (SSSR count). The molecule has 1 aromatic heterocycles. The second-order valence-corrected chi connectivity index (χ2v) is 8.22. The van der Waals surface area contributed by atoms with Gasteiger partial charge in [-0.3, -0.25) is 9.59 Å². The molecule has 140 valence electrons. The molecule has 1 unspecified atom stereocenters. The molecular formula is C19H27N5O2. The minimum Gasteiger partial charge on any atom is -0.356 e. The van der Waals surface area contributed by atoms with Crippen LogP contribution in [0.1, 0.15) is 31.8 Å². The standard InChI is InChI=1S/C19H27N5O2/c1-4-15-21-12(2)7-16(22-15)23-8-13-9-24(11-19(13,3)10-23)18(26)14-5-6-20-17(14)25/h7,13-14H,4-6,8-11H2,1-3H3,(H,20,25)/t13-,14?,19+/m1/s1. The molecule has 3 saturated heterocycles. The molecule has 7 nitrogen and oxygen atoms in total. The van der Waals surface area contributed by atoms with Gasteiger partial charge in [0.1, 0.15) is 17.6 Å². The Morgan fingerprint density at radius 1 is 1.35 bits per heavy atom. The molecule has 0 radical (unpaired) electrons. The number of hydrogen-bond donors (Lipinski definition) is 1. The van der Waals surface area contributed by atoms with Gasteiger partial charge in [-0.25, -0.2) is 9.97 Å². The van der Waals surface area contributed by atoms with Crippen molar-refractivity contribution in [2.45, 2.75) is 33.6 Å². The van der Waals surface area contributed by atoms with Crippen LogP contribution < -0.4 is 10.2 Å². The number of hydrogen-bond acceptors (Lipinski definition) is 5. The SMILES string of the molecule is CCc1nc(C)cc(N2C[C@@H]3CN(C(=O)C4CCNC4=O)C[C@]3(C)C2)n1. The lowest BCUT2D eigenvalue weighted by molar-refractivity contribution is -0.139. The van der Waals surface area contributed by atoms with E-state index in [1.165, 1.54) is 0 Å². The zero-order valence-corrected chi connectivity index (χ0v) is 15.8. The smallest absolute Gasteiger partial charge is 0.235 e. The Balaban J connectivity index is 1.47. The predicted octanol–water partition coefficient (Wildman–Crippen LogP) is 0.768. The van der Waals surface area contributed by atoms with Gasteiger partial charge in [0, 0.05) is 62.2 Å². The van der Waals surface area contributed by atoms with Crippen molar-refractivity contribution >= 4 is 17.6 Å². The fourth-order valence-electron chi connectivity index (χ4n) is 4.66. The molecule has 1 aromatic rings. The van der Waals surface area contributed by atoms with Gasteiger partial charge in [-0.05, 0) is 13.3 Å². The first kappa shape index (κ1) is 17.2. The number of nitrogens with zero attached hydrogens (tertiary/aromatic N) is 4. The van der Waals surface area contributed by atoms with Crippen molar-refractivity contribution < 1.29 is 9.59 Å². The van der Waals surface area contributed by atoms with Crippen molar-refractivity contribution in [2.24, 2.45) is 17.3 Å². The van der Waals surface area contributed by atoms with E-state index in [1.54, 1.807) is 0 Å². The molecule has 26 heavy (non-hydrogen) atoms. The van der Waals surface area contributed by atoms with Crippen LogP contribution in [0.5, 0.6) is 0 Å². The first-order valence-electron chi connectivity index (χ1n) is 9.55. The van der Waals surface area contributed by atoms with Crippen LogP contribution in [0.2, 0.25) is 0 Å². The van der Waals surface area contributed by atoms with Crippen molar-refractivity contribution in [1.29, 1.82) is 0 Å². The largest absolute Gasteiger partial charge is 0.356 e. The third-order valence-corrected chi connectivity index (χ3v) is 6.16. The Kier molecular flexibility index (Phi) is 4.12. The average molecular weight is 357 g/mol. The van der Waals surface area contributed by atoms with E-state index in [9.17, 15) is 9.59 Å². The molecule has 0 aromatic carbocycles. The van der Waals surface area contributed by atoms with E-state index in [-0.39, 0.29) is 17.2 Å². The molecule has 4 heterocycles. The lowest BCUT2D eigenvalue weighted by atomic mass is 9.83. The number of anilines is 1. The van der Waals surface area contributed by atoms with Crippen LogP contribution in [-0.2, 0) is 16.0 Å². The molecule has 3 aliphatic heterocycles. The number of likely N-dealkylation sites (tertiary alicyclic amines) is 1. The Labute approximate surface area is 154 Å². The molecular weight excluding hydrogens is 330 g/mol. The highest BCUT2D eigenvalue weighted by Crippen LogP contribution is 2.43. The summed E-state index contributed by atoms with van der Waals surface area (Å²) in [6.45, 7) is 10.2. The van der Waals surface area contributed by atoms with Gasteiger partial charge in [0.2, 0.25) is 11.8 Å². The van der Waals surface area contributed by atoms with E-state index in [0.717, 1.165) is 49.9 Å². The molecule has 0 saturated carbocycles. The van der Waals surface area contributed by atoms with Gasteiger partial charge in [-0.15, -0.1) is 0 Å². The second kappa shape index (κ2) is 6.21. The molecule has 1 N–H and O–H groups in total. The fraction of sp³-hybridized carbons (Fsp3) is 0.684. The molecule has 0 aliphatic carbocycles. The number of aromatic nitrogens is 2. The number of nitrogens with one attached hydrogen (secondary N) is 1. The number of rotatable bonds is 3. The van der Waals surface area contributed by atoms with E-state index in [0.29, 0.717) is 18.9 Å². The summed E-state index contributed by atoms with van der Waals surface area (Å²) in [5.74, 6) is 1.71. The van der Waals surface area contributed by atoms with Gasteiger partial charge in [-0.1, -0.05) is 13.8 Å². The van der Waals surface area contributed by atoms with Crippen molar-refractivity contribution in [3.63, 3.8) is 0 Å². The Hall–Kier alpha value is -2.18. The molecule has 3 fully saturated rings. The first-order valence-corrected chi connectivity index (χ1v) is 9.55. The van der Waals surface area contributed by atoms with Crippen LogP contribution in [0, 0.1) is 24.2 Å². The maximum absolute atomic E-state index is 12.7. The topological polar surface area (TPSA) is 78.4 Å². The summed E-state index contributed by atoms with van der Waals surface area (Å²) in [7, 11) is 0. The summed E-state index contributed by atoms with van der Waals surface area (Å²) in [5.41, 5.74) is 1.05. The minimum atomic E-state index is -0.481. The quantitative estimate of drug-likeness (QED) is 0.809. The first-order chi connectivity index (χ1) is 12.4. The number of carbonyl (C=O) groups is 2. The Bertz CT molecular complexity index is 751. The third-order valence-electron chi connectivity index (χ3n) is 6.16. The normalized spacial score (nSPS) is 30.7. The zero-order valence-electron chi connectivity index (χ0n) is 15.8. The summed E-state index contributed by atoms with van der Waals surface area (Å²) < 4.78 is 0. The van der Waals surface area contributed by atoms with Crippen LogP contribution in [-0.4, -0.2) is 59.4 Å². The number of fused-ring (bicyclic) bond motifs is 1. The van der Waals surface area contributed by atoms with E-state index in [4.69, 9.17) is 4.98 Å². The Morgan fingerprint density at radius 2 is 2.15 bits per heavy atom. The van der Waals surface area contributed by atoms with Gasteiger partial charge in [0.15, 0.2) is 0 Å². The van der Waals surface area contributed by atoms with E-state index >= 15 is 0 Å². The van der Waals surface area contributed by atoms with Crippen LogP contribution in [0.3, 0.4) is 0 Å². The monoisotopic (exact) mass is 357 g/mol. The van der Waals surface area contributed by atoms with Gasteiger partial charge >= 0.3 is 0 Å². The van der Waals surface area contributed by atoms with E-state index in [1.807, 2.05) is 11.8 Å². The van der Waals surface area contributed by atoms with Gasteiger partial charge in [-0.2, -0.15) is 0 Å². The maximum atomic E-state index is 12.7. The molecule has 3 aliphatic rings. The van der Waals surface area contributed by atoms with Gasteiger partial charge in [0.05, 0.1) is 0 Å². The molecule has 3 atom stereocenters. The van der Waals surface area contributed by atoms with Gasteiger partial charge in [0.25, 0.3) is 0 Å². The van der Waals surface area contributed by atoms with Gasteiger partial charge < -0.3 is 15.1 Å². The number of carbonyl (C=O) groups excluding carboxylic acids is 2. The highest BCUT2D eigenvalue weighted by molar-refractivity contribution is 6.01. The summed E-state index contributed by atoms with van der Waals surface area (Å²) in [4.78, 5) is 38.0. The molecule has 0 bridgehead atoms. The second-order valence-electron chi connectivity index (χ2n) is 8.22.